The Labute approximate surface area is 119 Å². The normalized spacial score (nSPS) is 36.7. The van der Waals surface area contributed by atoms with E-state index < -0.39 is 35.3 Å². The third-order valence-electron chi connectivity index (χ3n) is 4.49. The molecule has 2 bridgehead atoms. The van der Waals surface area contributed by atoms with E-state index in [-0.39, 0.29) is 12.5 Å². The fourth-order valence-corrected chi connectivity index (χ4v) is 3.53. The van der Waals surface area contributed by atoms with Crippen LogP contribution in [0.2, 0.25) is 0 Å². The van der Waals surface area contributed by atoms with Crippen molar-refractivity contribution in [1.29, 1.82) is 0 Å². The summed E-state index contributed by atoms with van der Waals surface area (Å²) in [5, 5.41) is 9.58. The first kappa shape index (κ1) is 12.7. The maximum absolute atomic E-state index is 13.0. The lowest BCUT2D eigenvalue weighted by atomic mass is 9.77. The molecule has 1 aromatic carbocycles. The Morgan fingerprint density at radius 2 is 1.95 bits per heavy atom. The highest BCUT2D eigenvalue weighted by atomic mass is 19.1. The molecule has 6 heteroatoms. The number of fused-ring (bicyclic) bond motifs is 5. The number of benzene rings is 1. The molecule has 0 aliphatic carbocycles. The molecule has 0 saturated carbocycles. The van der Waals surface area contributed by atoms with Crippen LogP contribution in [0.15, 0.2) is 36.4 Å². The minimum Gasteiger partial charge on any atom is -0.393 e. The SMILES string of the molecule is O=C1[C@H]2[C@@H](C(=O)N1c1ccc(F)cc1)[C@@]1(CO)C=C[C@H]2O1. The molecular weight excluding hydrogens is 277 g/mol. The van der Waals surface area contributed by atoms with Crippen molar-refractivity contribution in [2.75, 3.05) is 11.5 Å². The van der Waals surface area contributed by atoms with Gasteiger partial charge in [0.2, 0.25) is 11.8 Å². The lowest BCUT2D eigenvalue weighted by molar-refractivity contribution is -0.128. The van der Waals surface area contributed by atoms with Gasteiger partial charge in [-0.3, -0.25) is 9.59 Å². The van der Waals surface area contributed by atoms with E-state index in [0.717, 1.165) is 4.90 Å². The summed E-state index contributed by atoms with van der Waals surface area (Å²) in [4.78, 5) is 26.2. The standard InChI is InChI=1S/C15H12FNO4/c16-8-1-3-9(4-2-8)17-13(19)11-10-5-6-15(7-18,21-10)12(11)14(17)20/h1-6,10-12,18H,7H2/t10-,11-,12+,15+/m1/s1. The highest BCUT2D eigenvalue weighted by molar-refractivity contribution is 6.23. The summed E-state index contributed by atoms with van der Waals surface area (Å²) in [6, 6.07) is 5.20. The number of hydrogen-bond donors (Lipinski definition) is 1. The number of imide groups is 1. The second-order valence-electron chi connectivity index (χ2n) is 5.55. The van der Waals surface area contributed by atoms with Crippen LogP contribution >= 0.6 is 0 Å². The summed E-state index contributed by atoms with van der Waals surface area (Å²) in [5.41, 5.74) is -0.759. The number of nitrogens with zero attached hydrogens (tertiary/aromatic N) is 1. The zero-order valence-electron chi connectivity index (χ0n) is 10.9. The maximum atomic E-state index is 13.0. The van der Waals surface area contributed by atoms with Gasteiger partial charge in [0.05, 0.1) is 30.2 Å². The zero-order chi connectivity index (χ0) is 14.8. The Morgan fingerprint density at radius 1 is 1.24 bits per heavy atom. The molecule has 3 heterocycles. The molecule has 3 aliphatic heterocycles. The van der Waals surface area contributed by atoms with E-state index in [9.17, 15) is 19.1 Å². The van der Waals surface area contributed by atoms with E-state index in [0.29, 0.717) is 5.69 Å². The van der Waals surface area contributed by atoms with Gasteiger partial charge in [0.25, 0.3) is 0 Å². The Kier molecular flexibility index (Phi) is 2.41. The summed E-state index contributed by atoms with van der Waals surface area (Å²) in [6.45, 7) is -0.350. The van der Waals surface area contributed by atoms with Crippen LogP contribution in [0.25, 0.3) is 0 Å². The van der Waals surface area contributed by atoms with Crippen molar-refractivity contribution >= 4 is 17.5 Å². The second kappa shape index (κ2) is 3.99. The maximum Gasteiger partial charge on any atom is 0.241 e. The second-order valence-corrected chi connectivity index (χ2v) is 5.55. The van der Waals surface area contributed by atoms with Crippen LogP contribution < -0.4 is 4.90 Å². The molecule has 0 spiro atoms. The van der Waals surface area contributed by atoms with Gasteiger partial charge in [0.15, 0.2) is 0 Å². The topological polar surface area (TPSA) is 66.8 Å². The monoisotopic (exact) mass is 289 g/mol. The Balaban J connectivity index is 1.77. The Hall–Kier alpha value is -2.05. The van der Waals surface area contributed by atoms with Crippen LogP contribution in [0.5, 0.6) is 0 Å². The van der Waals surface area contributed by atoms with Crippen LogP contribution in [-0.2, 0) is 14.3 Å². The smallest absolute Gasteiger partial charge is 0.241 e. The van der Waals surface area contributed by atoms with E-state index in [2.05, 4.69) is 0 Å². The zero-order valence-corrected chi connectivity index (χ0v) is 10.9. The molecule has 0 radical (unpaired) electrons. The number of aliphatic hydroxyl groups excluding tert-OH is 1. The van der Waals surface area contributed by atoms with Crippen LogP contribution in [0.4, 0.5) is 10.1 Å². The van der Waals surface area contributed by atoms with Gasteiger partial charge in [-0.15, -0.1) is 0 Å². The van der Waals surface area contributed by atoms with E-state index >= 15 is 0 Å². The van der Waals surface area contributed by atoms with Crippen LogP contribution in [-0.4, -0.2) is 35.2 Å². The fourth-order valence-electron chi connectivity index (χ4n) is 3.53. The number of hydrogen-bond acceptors (Lipinski definition) is 4. The summed E-state index contributed by atoms with van der Waals surface area (Å²) in [7, 11) is 0. The van der Waals surface area contributed by atoms with E-state index in [1.165, 1.54) is 24.3 Å². The average Bonchev–Trinajstić information content (AvgIpc) is 3.12. The molecule has 21 heavy (non-hydrogen) atoms. The first-order valence-electron chi connectivity index (χ1n) is 6.69. The molecule has 3 aliphatic rings. The summed E-state index contributed by atoms with van der Waals surface area (Å²) in [5.74, 6) is -2.52. The van der Waals surface area contributed by atoms with Crippen LogP contribution in [0.3, 0.4) is 0 Å². The van der Waals surface area contributed by atoms with Crippen molar-refractivity contribution in [2.45, 2.75) is 11.7 Å². The predicted molar refractivity (Wildman–Crippen MR) is 69.7 cm³/mol. The number of anilines is 1. The molecule has 2 amide bonds. The number of rotatable bonds is 2. The summed E-state index contributed by atoms with van der Waals surface area (Å²) < 4.78 is 18.6. The van der Waals surface area contributed by atoms with E-state index in [1.54, 1.807) is 12.2 Å². The van der Waals surface area contributed by atoms with Gasteiger partial charge >= 0.3 is 0 Å². The molecule has 108 valence electrons. The molecule has 1 aromatic rings. The Morgan fingerprint density at radius 3 is 2.62 bits per heavy atom. The van der Waals surface area contributed by atoms with Crippen molar-refractivity contribution < 1.29 is 23.8 Å². The van der Waals surface area contributed by atoms with Gasteiger partial charge in [-0.1, -0.05) is 12.2 Å². The first-order valence-corrected chi connectivity index (χ1v) is 6.69. The minimum atomic E-state index is -1.10. The Bertz CT molecular complexity index is 671. The highest BCUT2D eigenvalue weighted by Gasteiger charge is 2.67. The summed E-state index contributed by atoms with van der Waals surface area (Å²) in [6.07, 6.45) is 2.90. The lowest BCUT2D eigenvalue weighted by Gasteiger charge is -2.26. The van der Waals surface area contributed by atoms with Gasteiger partial charge in [-0.2, -0.15) is 0 Å². The van der Waals surface area contributed by atoms with Gasteiger partial charge in [-0.05, 0) is 24.3 Å². The minimum absolute atomic E-state index is 0.341. The van der Waals surface area contributed by atoms with Gasteiger partial charge < -0.3 is 9.84 Å². The van der Waals surface area contributed by atoms with Crippen molar-refractivity contribution in [3.63, 3.8) is 0 Å². The molecule has 5 nitrogen and oxygen atoms in total. The lowest BCUT2D eigenvalue weighted by Crippen LogP contribution is -2.43. The number of carbonyl (C=O) groups is 2. The number of amides is 2. The average molecular weight is 289 g/mol. The van der Waals surface area contributed by atoms with Crippen molar-refractivity contribution in [3.8, 4) is 0 Å². The van der Waals surface area contributed by atoms with Crippen LogP contribution in [0.1, 0.15) is 0 Å². The largest absolute Gasteiger partial charge is 0.393 e. The van der Waals surface area contributed by atoms with Crippen molar-refractivity contribution in [2.24, 2.45) is 11.8 Å². The number of carbonyl (C=O) groups excluding carboxylic acids is 2. The van der Waals surface area contributed by atoms with Crippen molar-refractivity contribution in [1.82, 2.24) is 0 Å². The molecule has 1 N–H and O–H groups in total. The number of aliphatic hydroxyl groups is 1. The molecule has 4 atom stereocenters. The predicted octanol–water partition coefficient (Wildman–Crippen LogP) is 0.631. The van der Waals surface area contributed by atoms with Gasteiger partial charge in [-0.25, -0.2) is 9.29 Å². The summed E-state index contributed by atoms with van der Waals surface area (Å²) >= 11 is 0. The highest BCUT2D eigenvalue weighted by Crippen LogP contribution is 2.52. The molecular formula is C15H12FNO4. The van der Waals surface area contributed by atoms with Gasteiger partial charge in [0.1, 0.15) is 11.4 Å². The van der Waals surface area contributed by atoms with Crippen LogP contribution in [0, 0.1) is 17.7 Å². The van der Waals surface area contributed by atoms with Gasteiger partial charge in [0, 0.05) is 0 Å². The number of ether oxygens (including phenoxy) is 1. The van der Waals surface area contributed by atoms with E-state index in [1.807, 2.05) is 0 Å². The molecule has 0 aromatic heterocycles. The quantitative estimate of drug-likeness (QED) is 0.640. The third kappa shape index (κ3) is 1.46. The molecule has 2 saturated heterocycles. The fraction of sp³-hybridized carbons (Fsp3) is 0.333. The molecule has 0 unspecified atom stereocenters. The molecule has 4 rings (SSSR count). The number of halogens is 1. The first-order chi connectivity index (χ1) is 10.1. The third-order valence-corrected chi connectivity index (χ3v) is 4.49. The van der Waals surface area contributed by atoms with Crippen molar-refractivity contribution in [3.05, 3.63) is 42.2 Å². The van der Waals surface area contributed by atoms with E-state index in [4.69, 9.17) is 4.74 Å². The molecule has 2 fully saturated rings.